The minimum absolute atomic E-state index is 0.0729. The van der Waals surface area contributed by atoms with Crippen LogP contribution < -0.4 is 5.32 Å². The standard InChI is InChI=1S/C28H31N7O2/c36-27(35-11-3-4-20(19-35)18-34-12-14-37-15-13-34)26-17-21-16-22(6-7-23(21)32-26)31-28-30-10-8-25(33-28)24-5-1-2-9-29-24/h1-2,5-10,16-17,20,32H,3-4,11-15,18-19H2,(H,30,31,33). The molecular weight excluding hydrogens is 466 g/mol. The second kappa shape index (κ2) is 10.7. The van der Waals surface area contributed by atoms with Gasteiger partial charge in [0, 0.05) is 61.7 Å². The second-order valence-corrected chi connectivity index (χ2v) is 9.76. The highest BCUT2D eigenvalue weighted by atomic mass is 16.5. The van der Waals surface area contributed by atoms with Crippen LogP contribution in [-0.4, -0.2) is 81.6 Å². The molecule has 0 radical (unpaired) electrons. The molecule has 5 heterocycles. The topological polar surface area (TPSA) is 99.3 Å². The third kappa shape index (κ3) is 5.47. The number of amides is 1. The third-order valence-corrected chi connectivity index (χ3v) is 7.12. The molecule has 1 aromatic carbocycles. The first-order chi connectivity index (χ1) is 18.2. The molecule has 0 spiro atoms. The summed E-state index contributed by atoms with van der Waals surface area (Å²) >= 11 is 0. The Morgan fingerprint density at radius 1 is 1.03 bits per heavy atom. The number of ether oxygens (including phenoxy) is 1. The van der Waals surface area contributed by atoms with Crippen LogP contribution in [0.1, 0.15) is 23.3 Å². The van der Waals surface area contributed by atoms with E-state index in [9.17, 15) is 4.79 Å². The maximum absolute atomic E-state index is 13.4. The van der Waals surface area contributed by atoms with E-state index in [2.05, 4.69) is 30.2 Å². The first-order valence-electron chi connectivity index (χ1n) is 12.9. The predicted molar refractivity (Wildman–Crippen MR) is 143 cm³/mol. The highest BCUT2D eigenvalue weighted by Gasteiger charge is 2.27. The van der Waals surface area contributed by atoms with Crippen molar-refractivity contribution in [1.82, 2.24) is 29.7 Å². The molecule has 2 aliphatic heterocycles. The Morgan fingerprint density at radius 3 is 2.81 bits per heavy atom. The molecule has 1 atom stereocenters. The van der Waals surface area contributed by atoms with E-state index < -0.39 is 0 Å². The van der Waals surface area contributed by atoms with Gasteiger partial charge in [0.2, 0.25) is 5.95 Å². The molecule has 37 heavy (non-hydrogen) atoms. The summed E-state index contributed by atoms with van der Waals surface area (Å²) in [6, 6.07) is 15.5. The smallest absolute Gasteiger partial charge is 0.270 e. The van der Waals surface area contributed by atoms with Gasteiger partial charge in [-0.1, -0.05) is 6.07 Å². The van der Waals surface area contributed by atoms with Crippen LogP contribution in [0.25, 0.3) is 22.3 Å². The summed E-state index contributed by atoms with van der Waals surface area (Å²) in [6.45, 7) is 6.25. The van der Waals surface area contributed by atoms with E-state index in [0.29, 0.717) is 17.6 Å². The fraction of sp³-hybridized carbons (Fsp3) is 0.357. The minimum Gasteiger partial charge on any atom is -0.379 e. The van der Waals surface area contributed by atoms with Gasteiger partial charge in [0.25, 0.3) is 5.91 Å². The molecule has 2 N–H and O–H groups in total. The van der Waals surface area contributed by atoms with Gasteiger partial charge >= 0.3 is 0 Å². The number of aromatic nitrogens is 4. The van der Waals surface area contributed by atoms with Crippen molar-refractivity contribution in [1.29, 1.82) is 0 Å². The normalized spacial score (nSPS) is 18.7. The van der Waals surface area contributed by atoms with E-state index in [1.807, 2.05) is 53.4 Å². The number of rotatable bonds is 6. The average Bonchev–Trinajstić information content (AvgIpc) is 3.37. The van der Waals surface area contributed by atoms with Crippen LogP contribution in [0, 0.1) is 5.92 Å². The summed E-state index contributed by atoms with van der Waals surface area (Å²) < 4.78 is 5.48. The molecule has 190 valence electrons. The quantitative estimate of drug-likeness (QED) is 0.416. The van der Waals surface area contributed by atoms with Crippen molar-refractivity contribution in [3.8, 4) is 11.4 Å². The Morgan fingerprint density at radius 2 is 1.95 bits per heavy atom. The third-order valence-electron chi connectivity index (χ3n) is 7.12. The number of carbonyl (C=O) groups excluding carboxylic acids is 1. The van der Waals surface area contributed by atoms with E-state index in [0.717, 1.165) is 80.3 Å². The largest absolute Gasteiger partial charge is 0.379 e. The zero-order valence-corrected chi connectivity index (χ0v) is 20.8. The molecule has 3 aromatic heterocycles. The second-order valence-electron chi connectivity index (χ2n) is 9.76. The Bertz CT molecular complexity index is 1370. The van der Waals surface area contributed by atoms with Crippen molar-refractivity contribution in [2.24, 2.45) is 5.92 Å². The molecule has 9 nitrogen and oxygen atoms in total. The summed E-state index contributed by atoms with van der Waals surface area (Å²) in [4.78, 5) is 34.5. The van der Waals surface area contributed by atoms with Crippen LogP contribution in [0.3, 0.4) is 0 Å². The molecule has 0 saturated carbocycles. The van der Waals surface area contributed by atoms with Gasteiger partial charge in [0.05, 0.1) is 24.6 Å². The van der Waals surface area contributed by atoms with Gasteiger partial charge in [-0.3, -0.25) is 14.7 Å². The first-order valence-corrected chi connectivity index (χ1v) is 12.9. The molecule has 2 saturated heterocycles. The number of aromatic amines is 1. The van der Waals surface area contributed by atoms with Crippen molar-refractivity contribution in [2.75, 3.05) is 51.3 Å². The molecule has 4 aromatic rings. The lowest BCUT2D eigenvalue weighted by Crippen LogP contribution is -2.46. The number of benzene rings is 1. The number of morpholine rings is 1. The number of pyridine rings is 1. The summed E-state index contributed by atoms with van der Waals surface area (Å²) in [7, 11) is 0. The molecular formula is C28H31N7O2. The van der Waals surface area contributed by atoms with Crippen LogP contribution in [-0.2, 0) is 4.74 Å². The maximum Gasteiger partial charge on any atom is 0.270 e. The van der Waals surface area contributed by atoms with Crippen LogP contribution in [0.2, 0.25) is 0 Å². The summed E-state index contributed by atoms with van der Waals surface area (Å²) in [5.41, 5.74) is 3.96. The van der Waals surface area contributed by atoms with Crippen LogP contribution in [0.4, 0.5) is 11.6 Å². The molecule has 6 rings (SSSR count). The van der Waals surface area contributed by atoms with Gasteiger partial charge in [0.15, 0.2) is 0 Å². The fourth-order valence-electron chi connectivity index (χ4n) is 5.25. The maximum atomic E-state index is 13.4. The first kappa shape index (κ1) is 23.6. The number of likely N-dealkylation sites (tertiary alicyclic amines) is 1. The number of hydrogen-bond donors (Lipinski definition) is 2. The molecule has 2 aliphatic rings. The van der Waals surface area contributed by atoms with E-state index >= 15 is 0 Å². The number of nitrogens with zero attached hydrogens (tertiary/aromatic N) is 5. The van der Waals surface area contributed by atoms with E-state index in [1.54, 1.807) is 12.4 Å². The van der Waals surface area contributed by atoms with Crippen LogP contribution in [0.15, 0.2) is 60.9 Å². The minimum atomic E-state index is 0.0729. The lowest BCUT2D eigenvalue weighted by Gasteiger charge is -2.36. The van der Waals surface area contributed by atoms with E-state index in [1.165, 1.54) is 6.42 Å². The number of H-pyrrole nitrogens is 1. The van der Waals surface area contributed by atoms with Crippen LogP contribution in [0.5, 0.6) is 0 Å². The Hall–Kier alpha value is -3.82. The molecule has 2 fully saturated rings. The number of fused-ring (bicyclic) bond motifs is 1. The van der Waals surface area contributed by atoms with E-state index in [4.69, 9.17) is 4.74 Å². The molecule has 0 aliphatic carbocycles. The Kier molecular flexibility index (Phi) is 6.79. The molecule has 1 amide bonds. The SMILES string of the molecule is O=C(c1cc2cc(Nc3nccc(-c4ccccn4)n3)ccc2[nH]1)N1CCCC(CN2CCOCC2)C1. The number of nitrogens with one attached hydrogen (secondary N) is 2. The highest BCUT2D eigenvalue weighted by Crippen LogP contribution is 2.25. The predicted octanol–water partition coefficient (Wildman–Crippen LogP) is 3.95. The molecule has 9 heteroatoms. The van der Waals surface area contributed by atoms with Gasteiger partial charge in [0.1, 0.15) is 5.69 Å². The number of carbonyl (C=O) groups is 1. The van der Waals surface area contributed by atoms with Crippen LogP contribution >= 0.6 is 0 Å². The lowest BCUT2D eigenvalue weighted by molar-refractivity contribution is 0.0223. The summed E-state index contributed by atoms with van der Waals surface area (Å²) in [5.74, 6) is 1.08. The molecule has 0 bridgehead atoms. The number of anilines is 2. The number of piperidine rings is 1. The van der Waals surface area contributed by atoms with Crippen molar-refractivity contribution >= 4 is 28.4 Å². The van der Waals surface area contributed by atoms with Gasteiger partial charge < -0.3 is 19.9 Å². The lowest BCUT2D eigenvalue weighted by atomic mass is 9.97. The van der Waals surface area contributed by atoms with E-state index in [-0.39, 0.29) is 5.91 Å². The average molecular weight is 498 g/mol. The monoisotopic (exact) mass is 497 g/mol. The zero-order chi connectivity index (χ0) is 25.0. The van der Waals surface area contributed by atoms with Gasteiger partial charge in [-0.2, -0.15) is 0 Å². The molecule has 1 unspecified atom stereocenters. The Labute approximate surface area is 215 Å². The fourth-order valence-corrected chi connectivity index (χ4v) is 5.25. The van der Waals surface area contributed by atoms with Crippen molar-refractivity contribution in [3.63, 3.8) is 0 Å². The number of hydrogen-bond acceptors (Lipinski definition) is 7. The highest BCUT2D eigenvalue weighted by molar-refractivity contribution is 5.98. The zero-order valence-electron chi connectivity index (χ0n) is 20.8. The van der Waals surface area contributed by atoms with Crippen molar-refractivity contribution < 1.29 is 9.53 Å². The van der Waals surface area contributed by atoms with Gasteiger partial charge in [-0.25, -0.2) is 9.97 Å². The van der Waals surface area contributed by atoms with Crippen molar-refractivity contribution in [3.05, 3.63) is 66.6 Å². The summed E-state index contributed by atoms with van der Waals surface area (Å²) in [5, 5.41) is 4.25. The van der Waals surface area contributed by atoms with Crippen molar-refractivity contribution in [2.45, 2.75) is 12.8 Å². The summed E-state index contributed by atoms with van der Waals surface area (Å²) in [6.07, 6.45) is 5.69. The Balaban J connectivity index is 1.14. The van der Waals surface area contributed by atoms with Gasteiger partial charge in [-0.05, 0) is 61.2 Å². The van der Waals surface area contributed by atoms with Gasteiger partial charge in [-0.15, -0.1) is 0 Å².